The van der Waals surface area contributed by atoms with Gasteiger partial charge in [-0.15, -0.1) is 0 Å². The van der Waals surface area contributed by atoms with Crippen LogP contribution in [0, 0.1) is 0 Å². The van der Waals surface area contributed by atoms with Gasteiger partial charge < -0.3 is 10.6 Å². The molecule has 0 unspecified atom stereocenters. The number of hydrogen-bond acceptors (Lipinski definition) is 5. The number of rotatable bonds is 5. The predicted octanol–water partition coefficient (Wildman–Crippen LogP) is 3.34. The van der Waals surface area contributed by atoms with Gasteiger partial charge in [0.25, 0.3) is 0 Å². The summed E-state index contributed by atoms with van der Waals surface area (Å²) in [6.45, 7) is 3.60. The maximum absolute atomic E-state index is 4.38. The van der Waals surface area contributed by atoms with Crippen LogP contribution in [0.2, 0.25) is 0 Å². The van der Waals surface area contributed by atoms with E-state index < -0.39 is 0 Å². The van der Waals surface area contributed by atoms with Gasteiger partial charge >= 0.3 is 0 Å². The average Bonchev–Trinajstić information content (AvgIpc) is 2.83. The number of aromatic nitrogens is 2. The first-order valence-electron chi connectivity index (χ1n) is 5.31. The monoisotopic (exact) mass is 312 g/mol. The Hall–Kier alpha value is -1.14. The van der Waals surface area contributed by atoms with Gasteiger partial charge in [-0.3, -0.25) is 0 Å². The Labute approximate surface area is 113 Å². The summed E-state index contributed by atoms with van der Waals surface area (Å²) in [5.74, 6) is 1.45. The first-order valence-corrected chi connectivity index (χ1v) is 7.04. The zero-order valence-corrected chi connectivity index (χ0v) is 11.8. The van der Waals surface area contributed by atoms with Crippen LogP contribution in [0.15, 0.2) is 27.5 Å². The number of halogens is 1. The van der Waals surface area contributed by atoms with Crippen molar-refractivity contribution in [1.82, 2.24) is 9.97 Å². The number of hydrogen-bond donors (Lipinski definition) is 2. The van der Waals surface area contributed by atoms with E-state index >= 15 is 0 Å². The first-order chi connectivity index (χ1) is 8.29. The summed E-state index contributed by atoms with van der Waals surface area (Å²) in [7, 11) is 0. The molecule has 0 aliphatic carbocycles. The molecule has 4 nitrogen and oxygen atoms in total. The molecule has 0 bridgehead atoms. The van der Waals surface area contributed by atoms with E-state index in [-0.39, 0.29) is 0 Å². The molecule has 0 aliphatic heterocycles. The van der Waals surface area contributed by atoms with Crippen LogP contribution < -0.4 is 10.6 Å². The number of thiophene rings is 1. The van der Waals surface area contributed by atoms with Gasteiger partial charge in [0.05, 0.1) is 4.47 Å². The molecule has 0 radical (unpaired) electrons. The lowest BCUT2D eigenvalue weighted by Crippen LogP contribution is -2.06. The van der Waals surface area contributed by atoms with Gasteiger partial charge in [-0.05, 0) is 45.2 Å². The third-order valence-corrected chi connectivity index (χ3v) is 3.43. The van der Waals surface area contributed by atoms with Crippen LogP contribution in [0.25, 0.3) is 0 Å². The highest BCUT2D eigenvalue weighted by molar-refractivity contribution is 9.10. The zero-order valence-electron chi connectivity index (χ0n) is 9.40. The SMILES string of the molecule is CCNc1ncc(Br)c(NCc2ccsc2)n1. The van der Waals surface area contributed by atoms with E-state index in [0.29, 0.717) is 5.95 Å². The number of nitrogens with one attached hydrogen (secondary N) is 2. The van der Waals surface area contributed by atoms with Gasteiger partial charge in [0, 0.05) is 19.3 Å². The molecule has 2 aromatic rings. The van der Waals surface area contributed by atoms with E-state index in [1.54, 1.807) is 17.5 Å². The summed E-state index contributed by atoms with van der Waals surface area (Å²) in [4.78, 5) is 8.55. The largest absolute Gasteiger partial charge is 0.365 e. The summed E-state index contributed by atoms with van der Waals surface area (Å²) >= 11 is 5.13. The van der Waals surface area contributed by atoms with Crippen molar-refractivity contribution in [3.05, 3.63) is 33.1 Å². The van der Waals surface area contributed by atoms with Crippen LogP contribution in [0.5, 0.6) is 0 Å². The minimum Gasteiger partial charge on any atom is -0.365 e. The van der Waals surface area contributed by atoms with E-state index in [2.05, 4.69) is 53.4 Å². The maximum atomic E-state index is 4.38. The zero-order chi connectivity index (χ0) is 12.1. The minimum atomic E-state index is 0.642. The van der Waals surface area contributed by atoms with Gasteiger partial charge in [-0.2, -0.15) is 16.3 Å². The number of nitrogens with zero attached hydrogens (tertiary/aromatic N) is 2. The van der Waals surface area contributed by atoms with Crippen molar-refractivity contribution < 1.29 is 0 Å². The summed E-state index contributed by atoms with van der Waals surface area (Å²) in [5, 5.41) is 10.6. The lowest BCUT2D eigenvalue weighted by atomic mass is 10.3. The van der Waals surface area contributed by atoms with Crippen LogP contribution in [0.3, 0.4) is 0 Å². The van der Waals surface area contributed by atoms with Gasteiger partial charge in [0.2, 0.25) is 5.95 Å². The normalized spacial score (nSPS) is 10.2. The fraction of sp³-hybridized carbons (Fsp3) is 0.273. The van der Waals surface area contributed by atoms with E-state index in [1.807, 2.05) is 6.92 Å². The molecule has 0 spiro atoms. The standard InChI is InChI=1S/C11H13BrN4S/c1-2-13-11-15-6-9(12)10(16-11)14-5-8-3-4-17-7-8/h3-4,6-7H,2,5H2,1H3,(H2,13,14,15,16). The van der Waals surface area contributed by atoms with E-state index in [1.165, 1.54) is 5.56 Å². The summed E-state index contributed by atoms with van der Waals surface area (Å²) in [6, 6.07) is 2.10. The Morgan fingerprint density at radius 2 is 2.29 bits per heavy atom. The van der Waals surface area contributed by atoms with Gasteiger partial charge in [0.1, 0.15) is 5.82 Å². The highest BCUT2D eigenvalue weighted by atomic mass is 79.9. The second-order valence-corrected chi connectivity index (χ2v) is 5.04. The Balaban J connectivity index is 2.06. The van der Waals surface area contributed by atoms with Crippen LogP contribution in [0.4, 0.5) is 11.8 Å². The van der Waals surface area contributed by atoms with Crippen LogP contribution in [-0.2, 0) is 6.54 Å². The molecule has 2 rings (SSSR count). The molecule has 0 saturated heterocycles. The third-order valence-electron chi connectivity index (χ3n) is 2.12. The summed E-state index contributed by atoms with van der Waals surface area (Å²) in [6.07, 6.45) is 1.75. The van der Waals surface area contributed by atoms with E-state index in [4.69, 9.17) is 0 Å². The quantitative estimate of drug-likeness (QED) is 0.889. The molecule has 0 aliphatic rings. The molecule has 0 aromatic carbocycles. The average molecular weight is 313 g/mol. The van der Waals surface area contributed by atoms with Gasteiger partial charge in [0.15, 0.2) is 0 Å². The molecule has 90 valence electrons. The molecule has 2 aromatic heterocycles. The highest BCUT2D eigenvalue weighted by Gasteiger charge is 2.04. The van der Waals surface area contributed by atoms with Crippen molar-refractivity contribution in [2.75, 3.05) is 17.2 Å². The Bertz CT molecular complexity index is 472. The summed E-state index contributed by atoms with van der Waals surface area (Å²) in [5.41, 5.74) is 1.26. The first kappa shape index (κ1) is 12.3. The van der Waals surface area contributed by atoms with Crippen molar-refractivity contribution in [1.29, 1.82) is 0 Å². The number of anilines is 2. The second-order valence-electron chi connectivity index (χ2n) is 3.41. The molecule has 0 fully saturated rings. The molecule has 2 N–H and O–H groups in total. The maximum Gasteiger partial charge on any atom is 0.224 e. The van der Waals surface area contributed by atoms with E-state index in [9.17, 15) is 0 Å². The van der Waals surface area contributed by atoms with Crippen LogP contribution in [0.1, 0.15) is 12.5 Å². The van der Waals surface area contributed by atoms with Crippen LogP contribution >= 0.6 is 27.3 Å². The van der Waals surface area contributed by atoms with Crippen molar-refractivity contribution in [3.8, 4) is 0 Å². The molecule has 2 heterocycles. The summed E-state index contributed by atoms with van der Waals surface area (Å²) < 4.78 is 0.870. The molecular formula is C11H13BrN4S. The predicted molar refractivity (Wildman–Crippen MR) is 75.5 cm³/mol. The van der Waals surface area contributed by atoms with Crippen molar-refractivity contribution in [2.45, 2.75) is 13.5 Å². The topological polar surface area (TPSA) is 49.8 Å². The van der Waals surface area contributed by atoms with E-state index in [0.717, 1.165) is 23.4 Å². The molecule has 0 atom stereocenters. The highest BCUT2D eigenvalue weighted by Crippen LogP contribution is 2.21. The molecule has 17 heavy (non-hydrogen) atoms. The second kappa shape index (κ2) is 5.97. The molecule has 0 amide bonds. The van der Waals surface area contributed by atoms with Crippen molar-refractivity contribution >= 4 is 39.0 Å². The molecule has 6 heteroatoms. The third kappa shape index (κ3) is 3.41. The van der Waals surface area contributed by atoms with Crippen LogP contribution in [-0.4, -0.2) is 16.5 Å². The van der Waals surface area contributed by atoms with Crippen molar-refractivity contribution in [2.24, 2.45) is 0 Å². The molecular weight excluding hydrogens is 300 g/mol. The Kier molecular flexibility index (Phi) is 4.33. The van der Waals surface area contributed by atoms with Gasteiger partial charge in [-0.1, -0.05) is 0 Å². The Morgan fingerprint density at radius 3 is 3.00 bits per heavy atom. The van der Waals surface area contributed by atoms with Crippen molar-refractivity contribution in [3.63, 3.8) is 0 Å². The van der Waals surface area contributed by atoms with Gasteiger partial charge in [-0.25, -0.2) is 4.98 Å². The smallest absolute Gasteiger partial charge is 0.224 e. The molecule has 0 saturated carbocycles. The minimum absolute atomic E-state index is 0.642. The fourth-order valence-corrected chi connectivity index (χ4v) is 2.31. The Morgan fingerprint density at radius 1 is 1.41 bits per heavy atom. The fourth-order valence-electron chi connectivity index (χ4n) is 1.31. The lowest BCUT2D eigenvalue weighted by molar-refractivity contribution is 1.05. The lowest BCUT2D eigenvalue weighted by Gasteiger charge is -2.08.